The minimum absolute atomic E-state index is 0.364. The molecule has 0 amide bonds. The predicted molar refractivity (Wildman–Crippen MR) is 64.8 cm³/mol. The van der Waals surface area contributed by atoms with E-state index in [0.717, 1.165) is 11.7 Å². The third-order valence-corrected chi connectivity index (χ3v) is 3.20. The Kier molecular flexibility index (Phi) is 3.83. The quantitative estimate of drug-likeness (QED) is 0.844. The van der Waals surface area contributed by atoms with E-state index in [9.17, 15) is 0 Å². The first kappa shape index (κ1) is 11.5. The fourth-order valence-electron chi connectivity index (χ4n) is 2.31. The van der Waals surface area contributed by atoms with Crippen LogP contribution in [-0.2, 0) is 0 Å². The van der Waals surface area contributed by atoms with Gasteiger partial charge in [-0.2, -0.15) is 0 Å². The molecule has 88 valence electrons. The summed E-state index contributed by atoms with van der Waals surface area (Å²) in [6, 6.07) is 8.34. The number of hydrogen-bond donors (Lipinski definition) is 1. The predicted octanol–water partition coefficient (Wildman–Crippen LogP) is 3.10. The highest BCUT2D eigenvalue weighted by atomic mass is 16.5. The van der Waals surface area contributed by atoms with Gasteiger partial charge in [-0.05, 0) is 43.4 Å². The van der Waals surface area contributed by atoms with E-state index < -0.39 is 6.10 Å². The summed E-state index contributed by atoms with van der Waals surface area (Å²) in [4.78, 5) is 0. The van der Waals surface area contributed by atoms with Crippen LogP contribution < -0.4 is 4.74 Å². The van der Waals surface area contributed by atoms with Crippen LogP contribution in [0.3, 0.4) is 0 Å². The van der Waals surface area contributed by atoms with E-state index in [1.807, 2.05) is 12.1 Å². The van der Waals surface area contributed by atoms with Crippen LogP contribution >= 0.6 is 0 Å². The molecule has 1 fully saturated rings. The molecule has 0 spiro atoms. The molecule has 0 bridgehead atoms. The van der Waals surface area contributed by atoms with Crippen molar-refractivity contribution in [3.63, 3.8) is 0 Å². The summed E-state index contributed by atoms with van der Waals surface area (Å²) in [5.74, 6) is 1.61. The second-order valence-corrected chi connectivity index (χ2v) is 4.71. The molecule has 1 aliphatic rings. The number of benzene rings is 1. The van der Waals surface area contributed by atoms with Crippen molar-refractivity contribution in [2.75, 3.05) is 6.61 Å². The van der Waals surface area contributed by atoms with Gasteiger partial charge in [0.2, 0.25) is 0 Å². The average Bonchev–Trinajstić information content (AvgIpc) is 2.80. The molecule has 0 radical (unpaired) electrons. The van der Waals surface area contributed by atoms with Crippen molar-refractivity contribution in [3.8, 4) is 5.75 Å². The SMILES string of the molecule is CC(O)COc1ccc(C2CCCC2)cc1. The van der Waals surface area contributed by atoms with Gasteiger partial charge >= 0.3 is 0 Å². The van der Waals surface area contributed by atoms with Crippen LogP contribution in [0.1, 0.15) is 44.1 Å². The molecular formula is C14H20O2. The van der Waals surface area contributed by atoms with E-state index in [1.54, 1.807) is 6.92 Å². The highest BCUT2D eigenvalue weighted by Crippen LogP contribution is 2.34. The molecule has 1 aromatic carbocycles. The van der Waals surface area contributed by atoms with Crippen molar-refractivity contribution in [2.24, 2.45) is 0 Å². The maximum atomic E-state index is 9.12. The van der Waals surface area contributed by atoms with E-state index >= 15 is 0 Å². The summed E-state index contributed by atoms with van der Waals surface area (Å²) in [6.07, 6.45) is 4.98. The van der Waals surface area contributed by atoms with Crippen LogP contribution in [0.4, 0.5) is 0 Å². The average molecular weight is 220 g/mol. The molecule has 1 atom stereocenters. The number of aliphatic hydroxyl groups excluding tert-OH is 1. The molecule has 0 heterocycles. The second kappa shape index (κ2) is 5.35. The smallest absolute Gasteiger partial charge is 0.119 e. The molecule has 1 aromatic rings. The Hall–Kier alpha value is -1.02. The van der Waals surface area contributed by atoms with Crippen molar-refractivity contribution in [1.82, 2.24) is 0 Å². The maximum Gasteiger partial charge on any atom is 0.119 e. The van der Waals surface area contributed by atoms with Gasteiger partial charge in [-0.3, -0.25) is 0 Å². The summed E-state index contributed by atoms with van der Waals surface area (Å²) in [6.45, 7) is 2.09. The zero-order valence-corrected chi connectivity index (χ0v) is 9.86. The van der Waals surface area contributed by atoms with Gasteiger partial charge in [-0.1, -0.05) is 25.0 Å². The molecule has 1 saturated carbocycles. The number of hydrogen-bond acceptors (Lipinski definition) is 2. The summed E-state index contributed by atoms with van der Waals surface area (Å²) >= 11 is 0. The first-order chi connectivity index (χ1) is 7.75. The van der Waals surface area contributed by atoms with Gasteiger partial charge in [0.25, 0.3) is 0 Å². The molecular weight excluding hydrogens is 200 g/mol. The van der Waals surface area contributed by atoms with Gasteiger partial charge in [0, 0.05) is 0 Å². The monoisotopic (exact) mass is 220 g/mol. The van der Waals surface area contributed by atoms with E-state index in [-0.39, 0.29) is 0 Å². The van der Waals surface area contributed by atoms with Crippen LogP contribution in [0.15, 0.2) is 24.3 Å². The Labute approximate surface area is 97.3 Å². The Bertz CT molecular complexity index is 310. The minimum atomic E-state index is -0.408. The normalized spacial score (nSPS) is 18.6. The van der Waals surface area contributed by atoms with Gasteiger partial charge in [0.1, 0.15) is 12.4 Å². The third kappa shape index (κ3) is 2.99. The molecule has 0 aliphatic heterocycles. The fraction of sp³-hybridized carbons (Fsp3) is 0.571. The number of aliphatic hydroxyl groups is 1. The van der Waals surface area contributed by atoms with Crippen LogP contribution in [0.5, 0.6) is 5.75 Å². The maximum absolute atomic E-state index is 9.12. The lowest BCUT2D eigenvalue weighted by molar-refractivity contribution is 0.122. The Morgan fingerprint density at radius 2 is 1.88 bits per heavy atom. The lowest BCUT2D eigenvalue weighted by Crippen LogP contribution is -2.12. The molecule has 2 heteroatoms. The summed E-state index contributed by atoms with van der Waals surface area (Å²) in [7, 11) is 0. The Morgan fingerprint density at radius 3 is 2.44 bits per heavy atom. The lowest BCUT2D eigenvalue weighted by Gasteiger charge is -2.11. The Morgan fingerprint density at radius 1 is 1.25 bits per heavy atom. The highest BCUT2D eigenvalue weighted by molar-refractivity contribution is 5.29. The van der Waals surface area contributed by atoms with E-state index in [1.165, 1.54) is 31.2 Å². The molecule has 0 saturated heterocycles. The Balaban J connectivity index is 1.93. The third-order valence-electron chi connectivity index (χ3n) is 3.20. The molecule has 1 N–H and O–H groups in total. The van der Waals surface area contributed by atoms with E-state index in [4.69, 9.17) is 9.84 Å². The van der Waals surface area contributed by atoms with Gasteiger partial charge in [-0.15, -0.1) is 0 Å². The van der Waals surface area contributed by atoms with Gasteiger partial charge < -0.3 is 9.84 Å². The molecule has 16 heavy (non-hydrogen) atoms. The van der Waals surface area contributed by atoms with Crippen molar-refractivity contribution < 1.29 is 9.84 Å². The first-order valence-corrected chi connectivity index (χ1v) is 6.16. The summed E-state index contributed by atoms with van der Waals surface area (Å²) in [5.41, 5.74) is 1.43. The largest absolute Gasteiger partial charge is 0.491 e. The minimum Gasteiger partial charge on any atom is -0.491 e. The summed E-state index contributed by atoms with van der Waals surface area (Å²) in [5, 5.41) is 9.12. The zero-order chi connectivity index (χ0) is 11.4. The molecule has 2 rings (SSSR count). The van der Waals surface area contributed by atoms with Crippen LogP contribution in [0.25, 0.3) is 0 Å². The van der Waals surface area contributed by atoms with E-state index in [2.05, 4.69) is 12.1 Å². The molecule has 1 unspecified atom stereocenters. The van der Waals surface area contributed by atoms with Crippen molar-refractivity contribution in [2.45, 2.75) is 44.6 Å². The summed E-state index contributed by atoms with van der Waals surface area (Å²) < 4.78 is 5.44. The fourth-order valence-corrected chi connectivity index (χ4v) is 2.31. The first-order valence-electron chi connectivity index (χ1n) is 6.16. The van der Waals surface area contributed by atoms with Crippen molar-refractivity contribution >= 4 is 0 Å². The standard InChI is InChI=1S/C14H20O2/c1-11(15)10-16-14-8-6-13(7-9-14)12-4-2-3-5-12/h6-9,11-12,15H,2-5,10H2,1H3. The van der Waals surface area contributed by atoms with Crippen LogP contribution in [-0.4, -0.2) is 17.8 Å². The number of rotatable bonds is 4. The van der Waals surface area contributed by atoms with Crippen LogP contribution in [0, 0.1) is 0 Å². The van der Waals surface area contributed by atoms with Gasteiger partial charge in [0.05, 0.1) is 6.10 Å². The van der Waals surface area contributed by atoms with E-state index in [0.29, 0.717) is 6.61 Å². The molecule has 0 aromatic heterocycles. The highest BCUT2D eigenvalue weighted by Gasteiger charge is 2.16. The second-order valence-electron chi connectivity index (χ2n) is 4.71. The van der Waals surface area contributed by atoms with Gasteiger partial charge in [-0.25, -0.2) is 0 Å². The van der Waals surface area contributed by atoms with Crippen molar-refractivity contribution in [1.29, 1.82) is 0 Å². The number of ether oxygens (including phenoxy) is 1. The van der Waals surface area contributed by atoms with Gasteiger partial charge in [0.15, 0.2) is 0 Å². The topological polar surface area (TPSA) is 29.5 Å². The molecule has 2 nitrogen and oxygen atoms in total. The van der Waals surface area contributed by atoms with Crippen LogP contribution in [0.2, 0.25) is 0 Å². The molecule has 1 aliphatic carbocycles. The van der Waals surface area contributed by atoms with Crippen molar-refractivity contribution in [3.05, 3.63) is 29.8 Å². The zero-order valence-electron chi connectivity index (χ0n) is 9.86. The lowest BCUT2D eigenvalue weighted by atomic mass is 9.98.